The van der Waals surface area contributed by atoms with E-state index in [1.165, 1.54) is 14.0 Å². The molecule has 1 saturated heterocycles. The summed E-state index contributed by atoms with van der Waals surface area (Å²) in [6.45, 7) is 1.46. The first-order valence-electron chi connectivity index (χ1n) is 4.67. The summed E-state index contributed by atoms with van der Waals surface area (Å²) in [7, 11) is -2.26. The fourth-order valence-electron chi connectivity index (χ4n) is 1.61. The molecular weight excluding hydrogens is 222 g/mol. The van der Waals surface area contributed by atoms with Crippen molar-refractivity contribution in [3.63, 3.8) is 0 Å². The first kappa shape index (κ1) is 12.4. The van der Waals surface area contributed by atoms with Gasteiger partial charge in [0.05, 0.1) is 19.0 Å². The Morgan fingerprint density at radius 3 is 2.67 bits per heavy atom. The largest absolute Gasteiger partial charge is 0.468 e. The van der Waals surface area contributed by atoms with E-state index in [0.717, 1.165) is 4.31 Å². The van der Waals surface area contributed by atoms with Crippen LogP contribution in [0.4, 0.5) is 0 Å². The molecule has 0 saturated carbocycles. The first-order chi connectivity index (χ1) is 6.92. The van der Waals surface area contributed by atoms with Crippen LogP contribution < -0.4 is 0 Å². The summed E-state index contributed by atoms with van der Waals surface area (Å²) in [6.07, 6.45) is -0.693. The molecule has 0 aromatic rings. The summed E-state index contributed by atoms with van der Waals surface area (Å²) in [6, 6.07) is -0.880. The smallest absolute Gasteiger partial charge is 0.324 e. The molecule has 88 valence electrons. The summed E-state index contributed by atoms with van der Waals surface area (Å²) >= 11 is 0. The Balaban J connectivity index is 2.92. The summed E-state index contributed by atoms with van der Waals surface area (Å²) in [4.78, 5) is 11.3. The molecule has 0 aromatic heterocycles. The molecule has 0 aliphatic carbocycles. The van der Waals surface area contributed by atoms with E-state index in [1.54, 1.807) is 0 Å². The van der Waals surface area contributed by atoms with Crippen LogP contribution in [0.2, 0.25) is 0 Å². The first-order valence-corrected chi connectivity index (χ1v) is 6.28. The lowest BCUT2D eigenvalue weighted by molar-refractivity contribution is -0.144. The van der Waals surface area contributed by atoms with E-state index >= 15 is 0 Å². The Hall–Kier alpha value is -0.660. The number of ether oxygens (including phenoxy) is 1. The Bertz CT molecular complexity index is 339. The number of nitrogens with zero attached hydrogens (tertiary/aromatic N) is 1. The fourth-order valence-corrected chi connectivity index (χ4v) is 2.90. The highest BCUT2D eigenvalue weighted by Crippen LogP contribution is 2.22. The standard InChI is InChI=1S/C8H15NO5S/c1-3-15(12,13)9-5-6(10)4-7(9)8(11)14-2/h6-7,10H,3-5H2,1-2H3. The molecule has 1 aliphatic rings. The van der Waals surface area contributed by atoms with Gasteiger partial charge in [0.2, 0.25) is 10.0 Å². The zero-order valence-corrected chi connectivity index (χ0v) is 9.53. The number of hydrogen-bond acceptors (Lipinski definition) is 5. The van der Waals surface area contributed by atoms with E-state index in [-0.39, 0.29) is 18.7 Å². The van der Waals surface area contributed by atoms with Gasteiger partial charge in [0.25, 0.3) is 0 Å². The molecule has 6 nitrogen and oxygen atoms in total. The number of carbonyl (C=O) groups excluding carboxylic acids is 1. The normalized spacial score (nSPS) is 27.9. The maximum Gasteiger partial charge on any atom is 0.324 e. The van der Waals surface area contributed by atoms with Gasteiger partial charge in [-0.25, -0.2) is 8.42 Å². The number of hydrogen-bond donors (Lipinski definition) is 1. The van der Waals surface area contributed by atoms with E-state index in [0.29, 0.717) is 0 Å². The molecule has 1 aliphatic heterocycles. The van der Waals surface area contributed by atoms with Crippen molar-refractivity contribution in [3.05, 3.63) is 0 Å². The number of rotatable bonds is 3. The Morgan fingerprint density at radius 2 is 2.20 bits per heavy atom. The van der Waals surface area contributed by atoms with Crippen molar-refractivity contribution in [3.8, 4) is 0 Å². The van der Waals surface area contributed by atoms with Crippen LogP contribution in [0.3, 0.4) is 0 Å². The molecule has 2 atom stereocenters. The van der Waals surface area contributed by atoms with E-state index in [1.807, 2.05) is 0 Å². The minimum Gasteiger partial charge on any atom is -0.468 e. The highest BCUT2D eigenvalue weighted by molar-refractivity contribution is 7.89. The van der Waals surface area contributed by atoms with Crippen molar-refractivity contribution in [2.45, 2.75) is 25.5 Å². The predicted octanol–water partition coefficient (Wildman–Crippen LogP) is -1.06. The Morgan fingerprint density at radius 1 is 1.60 bits per heavy atom. The van der Waals surface area contributed by atoms with E-state index in [2.05, 4.69) is 4.74 Å². The van der Waals surface area contributed by atoms with Gasteiger partial charge < -0.3 is 9.84 Å². The van der Waals surface area contributed by atoms with Gasteiger partial charge in [0.1, 0.15) is 6.04 Å². The molecule has 0 radical (unpaired) electrons. The van der Waals surface area contributed by atoms with Crippen LogP contribution in [0.25, 0.3) is 0 Å². The van der Waals surface area contributed by atoms with Crippen LogP contribution in [-0.2, 0) is 19.6 Å². The number of aliphatic hydroxyl groups is 1. The second-order valence-corrected chi connectivity index (χ2v) is 5.61. The highest BCUT2D eigenvalue weighted by Gasteiger charge is 2.42. The summed E-state index contributed by atoms with van der Waals surface area (Å²) in [5, 5.41) is 9.36. The average Bonchev–Trinajstić information content (AvgIpc) is 2.60. The third-order valence-electron chi connectivity index (χ3n) is 2.43. The molecular formula is C8H15NO5S. The van der Waals surface area contributed by atoms with Crippen LogP contribution in [0.1, 0.15) is 13.3 Å². The maximum absolute atomic E-state index is 11.6. The third kappa shape index (κ3) is 2.47. The van der Waals surface area contributed by atoms with Gasteiger partial charge in [-0.15, -0.1) is 0 Å². The lowest BCUT2D eigenvalue weighted by Gasteiger charge is -2.20. The average molecular weight is 237 g/mol. The van der Waals surface area contributed by atoms with Crippen molar-refractivity contribution in [1.29, 1.82) is 0 Å². The molecule has 7 heteroatoms. The quantitative estimate of drug-likeness (QED) is 0.633. The van der Waals surface area contributed by atoms with Gasteiger partial charge in [-0.05, 0) is 6.92 Å². The molecule has 1 fully saturated rings. The van der Waals surface area contributed by atoms with Gasteiger partial charge >= 0.3 is 5.97 Å². The molecule has 0 amide bonds. The van der Waals surface area contributed by atoms with Gasteiger partial charge in [0.15, 0.2) is 0 Å². The lowest BCUT2D eigenvalue weighted by atomic mass is 10.2. The van der Waals surface area contributed by atoms with Gasteiger partial charge in [-0.3, -0.25) is 4.79 Å². The van der Waals surface area contributed by atoms with Crippen LogP contribution in [-0.4, -0.2) is 55.4 Å². The SMILES string of the molecule is CCS(=O)(=O)N1CC(O)CC1C(=O)OC. The topological polar surface area (TPSA) is 83.9 Å². The van der Waals surface area contributed by atoms with Crippen molar-refractivity contribution < 1.29 is 23.1 Å². The Kier molecular flexibility index (Phi) is 3.69. The zero-order valence-electron chi connectivity index (χ0n) is 8.71. The monoisotopic (exact) mass is 237 g/mol. The summed E-state index contributed by atoms with van der Waals surface area (Å²) < 4.78 is 28.7. The number of β-amino-alcohol motifs (C(OH)–C–C–N with tert-alkyl or cyclic N) is 1. The minimum absolute atomic E-state index is 0.0318. The molecule has 0 spiro atoms. The highest BCUT2D eigenvalue weighted by atomic mass is 32.2. The number of sulfonamides is 1. The summed E-state index contributed by atoms with van der Waals surface area (Å²) in [5.74, 6) is -0.712. The van der Waals surface area contributed by atoms with E-state index in [4.69, 9.17) is 0 Å². The fraction of sp³-hybridized carbons (Fsp3) is 0.875. The number of esters is 1. The van der Waals surface area contributed by atoms with Crippen LogP contribution >= 0.6 is 0 Å². The molecule has 2 unspecified atom stereocenters. The van der Waals surface area contributed by atoms with Crippen molar-refractivity contribution >= 4 is 16.0 Å². The lowest BCUT2D eigenvalue weighted by Crippen LogP contribution is -2.41. The van der Waals surface area contributed by atoms with Crippen LogP contribution in [0, 0.1) is 0 Å². The van der Waals surface area contributed by atoms with Crippen molar-refractivity contribution in [2.24, 2.45) is 0 Å². The molecule has 1 N–H and O–H groups in total. The zero-order chi connectivity index (χ0) is 11.6. The number of methoxy groups -OCH3 is 1. The van der Waals surface area contributed by atoms with Gasteiger partial charge in [-0.1, -0.05) is 0 Å². The number of aliphatic hydroxyl groups excluding tert-OH is 1. The molecule has 0 bridgehead atoms. The van der Waals surface area contributed by atoms with E-state index in [9.17, 15) is 18.3 Å². The minimum atomic E-state index is -3.46. The maximum atomic E-state index is 11.6. The van der Waals surface area contributed by atoms with Crippen molar-refractivity contribution in [2.75, 3.05) is 19.4 Å². The van der Waals surface area contributed by atoms with E-state index < -0.39 is 28.1 Å². The number of carbonyl (C=O) groups is 1. The Labute approximate surface area is 88.9 Å². The van der Waals surface area contributed by atoms with Gasteiger partial charge in [0, 0.05) is 13.0 Å². The second-order valence-electron chi connectivity index (χ2n) is 3.40. The summed E-state index contributed by atoms with van der Waals surface area (Å²) in [5.41, 5.74) is 0. The second kappa shape index (κ2) is 4.46. The van der Waals surface area contributed by atoms with Crippen molar-refractivity contribution in [1.82, 2.24) is 4.31 Å². The third-order valence-corrected chi connectivity index (χ3v) is 4.28. The van der Waals surface area contributed by atoms with Crippen LogP contribution in [0.15, 0.2) is 0 Å². The molecule has 15 heavy (non-hydrogen) atoms. The van der Waals surface area contributed by atoms with Crippen LogP contribution in [0.5, 0.6) is 0 Å². The van der Waals surface area contributed by atoms with Gasteiger partial charge in [-0.2, -0.15) is 4.31 Å². The molecule has 1 heterocycles. The molecule has 1 rings (SSSR count). The molecule has 0 aromatic carbocycles. The predicted molar refractivity (Wildman–Crippen MR) is 52.6 cm³/mol.